The first-order valence-electron chi connectivity index (χ1n) is 5.85. The Bertz CT molecular complexity index is 168. The number of unbranched alkanes of at least 4 members (excludes halogenated alkanes) is 3. The second-order valence-electron chi connectivity index (χ2n) is 3.96. The van der Waals surface area contributed by atoms with Crippen molar-refractivity contribution >= 4 is 5.97 Å². The van der Waals surface area contributed by atoms with Crippen LogP contribution in [0.1, 0.15) is 52.9 Å². The second kappa shape index (κ2) is 8.72. The smallest absolute Gasteiger partial charge is 0.334 e. The summed E-state index contributed by atoms with van der Waals surface area (Å²) in [7, 11) is 1.38. The Kier molecular flexibility index (Phi) is 8.38. The zero-order valence-electron chi connectivity index (χ0n) is 10.4. The van der Waals surface area contributed by atoms with E-state index in [1.165, 1.54) is 32.8 Å². The molecule has 0 aliphatic heterocycles. The Morgan fingerprint density at radius 2 is 1.87 bits per heavy atom. The van der Waals surface area contributed by atoms with Gasteiger partial charge in [0.1, 0.15) is 0 Å². The minimum Gasteiger partial charge on any atom is -0.467 e. The lowest BCUT2D eigenvalue weighted by Crippen LogP contribution is -2.26. The number of methoxy groups -OCH3 is 1. The fourth-order valence-electron chi connectivity index (χ4n) is 1.50. The average Bonchev–Trinajstić information content (AvgIpc) is 2.23. The van der Waals surface area contributed by atoms with E-state index in [1.54, 1.807) is 6.92 Å². The monoisotopic (exact) mass is 216 g/mol. The molecule has 0 amide bonds. The Morgan fingerprint density at radius 1 is 1.20 bits per heavy atom. The highest BCUT2D eigenvalue weighted by Gasteiger charge is 2.16. The summed E-state index contributed by atoms with van der Waals surface area (Å²) in [4.78, 5) is 11.1. The quantitative estimate of drug-likeness (QED) is 0.462. The lowest BCUT2D eigenvalue weighted by Gasteiger charge is -2.17. The number of rotatable bonds is 8. The molecule has 0 rings (SSSR count). The molecule has 0 bridgehead atoms. The first kappa shape index (κ1) is 14.4. The molecule has 2 atom stereocenters. The van der Waals surface area contributed by atoms with Crippen LogP contribution in [0, 0.1) is 0 Å². The van der Waals surface area contributed by atoms with E-state index in [9.17, 15) is 4.79 Å². The molecule has 0 aliphatic carbocycles. The summed E-state index contributed by atoms with van der Waals surface area (Å²) in [6.07, 6.45) is 5.64. The third-order valence-electron chi connectivity index (χ3n) is 2.43. The van der Waals surface area contributed by atoms with Crippen LogP contribution in [-0.2, 0) is 14.3 Å². The zero-order valence-corrected chi connectivity index (χ0v) is 10.4. The largest absolute Gasteiger partial charge is 0.467 e. The van der Waals surface area contributed by atoms with Gasteiger partial charge in [0.2, 0.25) is 0 Å². The minimum absolute atomic E-state index is 0.135. The van der Waals surface area contributed by atoms with Crippen molar-refractivity contribution in [2.45, 2.75) is 65.1 Å². The minimum atomic E-state index is -0.448. The van der Waals surface area contributed by atoms with Crippen LogP contribution in [0.3, 0.4) is 0 Å². The van der Waals surface area contributed by atoms with Crippen molar-refractivity contribution in [3.8, 4) is 0 Å². The summed E-state index contributed by atoms with van der Waals surface area (Å²) in [5.74, 6) is -0.296. The second-order valence-corrected chi connectivity index (χ2v) is 3.96. The maximum absolute atomic E-state index is 11.1. The van der Waals surface area contributed by atoms with Crippen LogP contribution >= 0.6 is 0 Å². The number of ether oxygens (including phenoxy) is 2. The van der Waals surface area contributed by atoms with Gasteiger partial charge >= 0.3 is 5.97 Å². The molecule has 0 aromatic heterocycles. The number of carbonyl (C=O) groups excluding carboxylic acids is 1. The Hall–Kier alpha value is -0.570. The Morgan fingerprint density at radius 3 is 2.40 bits per heavy atom. The standard InChI is InChI=1S/C12H24O3/c1-5-6-7-8-9-10(2)15-11(3)12(13)14-4/h10-11H,5-9H2,1-4H3. The van der Waals surface area contributed by atoms with Crippen molar-refractivity contribution in [3.63, 3.8) is 0 Å². The van der Waals surface area contributed by atoms with Gasteiger partial charge in [-0.05, 0) is 20.3 Å². The summed E-state index contributed by atoms with van der Waals surface area (Å²) in [6.45, 7) is 5.93. The van der Waals surface area contributed by atoms with Crippen LogP contribution < -0.4 is 0 Å². The van der Waals surface area contributed by atoms with Crippen molar-refractivity contribution in [1.29, 1.82) is 0 Å². The molecule has 2 unspecified atom stereocenters. The number of hydrogen-bond donors (Lipinski definition) is 0. The number of esters is 1. The van der Waals surface area contributed by atoms with Gasteiger partial charge in [-0.15, -0.1) is 0 Å². The first-order valence-corrected chi connectivity index (χ1v) is 5.85. The molecular weight excluding hydrogens is 192 g/mol. The topological polar surface area (TPSA) is 35.5 Å². The molecule has 0 fully saturated rings. The molecule has 0 saturated carbocycles. The molecule has 0 N–H and O–H groups in total. The average molecular weight is 216 g/mol. The van der Waals surface area contributed by atoms with Gasteiger partial charge in [-0.2, -0.15) is 0 Å². The van der Waals surface area contributed by atoms with Crippen LogP contribution in [0.15, 0.2) is 0 Å². The maximum atomic E-state index is 11.1. The van der Waals surface area contributed by atoms with E-state index < -0.39 is 6.10 Å². The van der Waals surface area contributed by atoms with Gasteiger partial charge in [-0.25, -0.2) is 4.79 Å². The highest BCUT2D eigenvalue weighted by molar-refractivity contribution is 5.73. The Labute approximate surface area is 93.1 Å². The van der Waals surface area contributed by atoms with E-state index in [4.69, 9.17) is 4.74 Å². The summed E-state index contributed by atoms with van der Waals surface area (Å²) < 4.78 is 10.1. The van der Waals surface area contributed by atoms with E-state index in [1.807, 2.05) is 6.92 Å². The van der Waals surface area contributed by atoms with Crippen LogP contribution in [0.25, 0.3) is 0 Å². The van der Waals surface area contributed by atoms with E-state index in [0.29, 0.717) is 0 Å². The third kappa shape index (κ3) is 7.37. The molecule has 0 aromatic carbocycles. The van der Waals surface area contributed by atoms with Gasteiger partial charge in [-0.3, -0.25) is 0 Å². The maximum Gasteiger partial charge on any atom is 0.334 e. The van der Waals surface area contributed by atoms with E-state index in [2.05, 4.69) is 11.7 Å². The lowest BCUT2D eigenvalue weighted by molar-refractivity contribution is -0.156. The third-order valence-corrected chi connectivity index (χ3v) is 2.43. The normalized spacial score (nSPS) is 14.7. The van der Waals surface area contributed by atoms with E-state index >= 15 is 0 Å². The summed E-state index contributed by atoms with van der Waals surface area (Å²) in [5, 5.41) is 0. The number of hydrogen-bond acceptors (Lipinski definition) is 3. The first-order chi connectivity index (χ1) is 7.11. The molecule has 90 valence electrons. The van der Waals surface area contributed by atoms with Gasteiger partial charge in [0.05, 0.1) is 13.2 Å². The summed E-state index contributed by atoms with van der Waals surface area (Å²) in [5.41, 5.74) is 0. The van der Waals surface area contributed by atoms with Gasteiger partial charge in [0.25, 0.3) is 0 Å². The summed E-state index contributed by atoms with van der Waals surface area (Å²) in [6, 6.07) is 0. The molecule has 0 radical (unpaired) electrons. The van der Waals surface area contributed by atoms with Crippen molar-refractivity contribution in [3.05, 3.63) is 0 Å². The zero-order chi connectivity index (χ0) is 11.7. The van der Waals surface area contributed by atoms with Crippen molar-refractivity contribution in [2.75, 3.05) is 7.11 Å². The fraction of sp³-hybridized carbons (Fsp3) is 0.917. The molecule has 0 heterocycles. The molecule has 3 heteroatoms. The molecule has 15 heavy (non-hydrogen) atoms. The highest BCUT2D eigenvalue weighted by Crippen LogP contribution is 2.10. The predicted octanol–water partition coefficient (Wildman–Crippen LogP) is 2.92. The highest BCUT2D eigenvalue weighted by atomic mass is 16.6. The van der Waals surface area contributed by atoms with Gasteiger partial charge in [0.15, 0.2) is 6.10 Å². The van der Waals surface area contributed by atoms with Gasteiger partial charge in [-0.1, -0.05) is 32.6 Å². The van der Waals surface area contributed by atoms with Crippen molar-refractivity contribution in [1.82, 2.24) is 0 Å². The SMILES string of the molecule is CCCCCCC(C)OC(C)C(=O)OC. The summed E-state index contributed by atoms with van der Waals surface area (Å²) >= 11 is 0. The van der Waals surface area contributed by atoms with Crippen LogP contribution in [0.4, 0.5) is 0 Å². The van der Waals surface area contributed by atoms with E-state index in [-0.39, 0.29) is 12.1 Å². The van der Waals surface area contributed by atoms with Crippen molar-refractivity contribution in [2.24, 2.45) is 0 Å². The van der Waals surface area contributed by atoms with E-state index in [0.717, 1.165) is 6.42 Å². The van der Waals surface area contributed by atoms with Crippen molar-refractivity contribution < 1.29 is 14.3 Å². The van der Waals surface area contributed by atoms with Gasteiger partial charge in [0, 0.05) is 0 Å². The van der Waals surface area contributed by atoms with Gasteiger partial charge < -0.3 is 9.47 Å². The van der Waals surface area contributed by atoms with Crippen LogP contribution in [0.2, 0.25) is 0 Å². The molecule has 0 spiro atoms. The molecule has 0 aliphatic rings. The lowest BCUT2D eigenvalue weighted by atomic mass is 10.1. The van der Waals surface area contributed by atoms with Crippen LogP contribution in [-0.4, -0.2) is 25.3 Å². The Balaban J connectivity index is 3.55. The molecular formula is C12H24O3. The molecule has 0 aromatic rings. The predicted molar refractivity (Wildman–Crippen MR) is 60.8 cm³/mol. The fourth-order valence-corrected chi connectivity index (χ4v) is 1.50. The molecule has 0 saturated heterocycles. The van der Waals surface area contributed by atoms with Crippen LogP contribution in [0.5, 0.6) is 0 Å². The molecule has 3 nitrogen and oxygen atoms in total. The number of carbonyl (C=O) groups is 1.